The lowest BCUT2D eigenvalue weighted by molar-refractivity contribution is 0.313. The second-order valence-electron chi connectivity index (χ2n) is 8.02. The van der Waals surface area contributed by atoms with E-state index in [-0.39, 0.29) is 0 Å². The van der Waals surface area contributed by atoms with Crippen LogP contribution in [0.15, 0.2) is 77.0 Å². The molecule has 2 aliphatic heterocycles. The Hall–Kier alpha value is -3.38. The van der Waals surface area contributed by atoms with Gasteiger partial charge in [-0.1, -0.05) is 24.8 Å². The lowest BCUT2D eigenvalue weighted by Gasteiger charge is -2.34. The summed E-state index contributed by atoms with van der Waals surface area (Å²) in [6.45, 7) is 12.3. The molecule has 2 heterocycles. The molecule has 6 nitrogen and oxygen atoms in total. The zero-order valence-electron chi connectivity index (χ0n) is 18.6. The number of hydrogen-bond donors (Lipinski definition) is 0. The molecule has 1 fully saturated rings. The quantitative estimate of drug-likeness (QED) is 0.710. The Balaban J connectivity index is 1.71. The second kappa shape index (κ2) is 8.78. The van der Waals surface area contributed by atoms with E-state index in [1.54, 1.807) is 6.20 Å². The molecule has 0 aromatic heterocycles. The van der Waals surface area contributed by atoms with Gasteiger partial charge < -0.3 is 19.6 Å². The van der Waals surface area contributed by atoms with Gasteiger partial charge in [-0.3, -0.25) is 4.99 Å². The summed E-state index contributed by atoms with van der Waals surface area (Å²) in [5.41, 5.74) is 6.01. The predicted molar refractivity (Wildman–Crippen MR) is 133 cm³/mol. The Morgan fingerprint density at radius 1 is 0.871 bits per heavy atom. The third kappa shape index (κ3) is 4.11. The molecular weight excluding hydrogens is 384 g/mol. The van der Waals surface area contributed by atoms with Crippen molar-refractivity contribution in [2.24, 2.45) is 9.98 Å². The Kier molecular flexibility index (Phi) is 5.91. The molecule has 6 heteroatoms. The van der Waals surface area contributed by atoms with Gasteiger partial charge in [-0.25, -0.2) is 4.99 Å². The minimum atomic E-state index is 0.799. The first kappa shape index (κ1) is 20.9. The van der Waals surface area contributed by atoms with Crippen molar-refractivity contribution in [1.82, 2.24) is 9.80 Å². The Bertz CT molecular complexity index is 1030. The maximum atomic E-state index is 5.02. The van der Waals surface area contributed by atoms with Crippen LogP contribution in [0, 0.1) is 0 Å². The summed E-state index contributed by atoms with van der Waals surface area (Å²) in [5, 5.41) is 0. The van der Waals surface area contributed by atoms with Crippen LogP contribution in [0.4, 0.5) is 17.1 Å². The number of para-hydroxylation sites is 1. The summed E-state index contributed by atoms with van der Waals surface area (Å²) in [5.74, 6) is 0.799. The van der Waals surface area contributed by atoms with Crippen molar-refractivity contribution in [2.45, 2.75) is 0 Å². The first-order valence-corrected chi connectivity index (χ1v) is 10.5. The molecule has 0 N–H and O–H groups in total. The maximum Gasteiger partial charge on any atom is 0.159 e. The van der Waals surface area contributed by atoms with Crippen LogP contribution < -0.4 is 9.80 Å². The van der Waals surface area contributed by atoms with Gasteiger partial charge in [-0.2, -0.15) is 0 Å². The Morgan fingerprint density at radius 3 is 2.23 bits per heavy atom. The second-order valence-corrected chi connectivity index (χ2v) is 8.02. The Morgan fingerprint density at radius 2 is 1.55 bits per heavy atom. The van der Waals surface area contributed by atoms with Gasteiger partial charge in [0.05, 0.1) is 17.6 Å². The van der Waals surface area contributed by atoms with E-state index in [9.17, 15) is 0 Å². The fraction of sp³-hybridized carbons (Fsp3) is 0.280. The van der Waals surface area contributed by atoms with Gasteiger partial charge >= 0.3 is 0 Å². The molecule has 2 aromatic rings. The number of aliphatic imine (C=N–C) groups is 2. The van der Waals surface area contributed by atoms with E-state index >= 15 is 0 Å². The third-order valence-corrected chi connectivity index (χ3v) is 6.06. The van der Waals surface area contributed by atoms with Gasteiger partial charge in [-0.05, 0) is 44.1 Å². The molecule has 2 aliphatic rings. The number of nitrogens with zero attached hydrogens (tertiary/aromatic N) is 6. The number of likely N-dealkylation sites (N-methyl/N-ethyl adjacent to an activating group) is 3. The number of benzene rings is 2. The number of fused-ring (bicyclic) bond motifs is 1. The highest BCUT2D eigenvalue weighted by molar-refractivity contribution is 6.13. The summed E-state index contributed by atoms with van der Waals surface area (Å²) in [6.07, 6.45) is 1.74. The van der Waals surface area contributed by atoms with Crippen molar-refractivity contribution in [3.8, 4) is 0 Å². The van der Waals surface area contributed by atoms with Crippen LogP contribution in [-0.4, -0.2) is 69.7 Å². The normalized spacial score (nSPS) is 20.2. The van der Waals surface area contributed by atoms with Crippen LogP contribution >= 0.6 is 0 Å². The summed E-state index contributed by atoms with van der Waals surface area (Å²) in [7, 11) is 6.19. The zero-order chi connectivity index (χ0) is 22.0. The third-order valence-electron chi connectivity index (χ3n) is 6.06. The molecule has 0 spiro atoms. The molecule has 0 saturated carbocycles. The van der Waals surface area contributed by atoms with Crippen molar-refractivity contribution in [3.63, 3.8) is 0 Å². The molecular formula is C25H30N6. The van der Waals surface area contributed by atoms with Crippen LogP contribution in [0.3, 0.4) is 0 Å². The van der Waals surface area contributed by atoms with Crippen LogP contribution in [-0.2, 0) is 0 Å². The van der Waals surface area contributed by atoms with Crippen molar-refractivity contribution < 1.29 is 0 Å². The van der Waals surface area contributed by atoms with E-state index < -0.39 is 0 Å². The van der Waals surface area contributed by atoms with Crippen molar-refractivity contribution >= 4 is 35.3 Å². The van der Waals surface area contributed by atoms with E-state index in [2.05, 4.69) is 76.4 Å². The monoisotopic (exact) mass is 414 g/mol. The minimum Gasteiger partial charge on any atom is -0.369 e. The van der Waals surface area contributed by atoms with E-state index in [1.807, 2.05) is 31.1 Å². The molecule has 0 radical (unpaired) electrons. The lowest BCUT2D eigenvalue weighted by atomic mass is 10.1. The smallest absolute Gasteiger partial charge is 0.159 e. The van der Waals surface area contributed by atoms with Gasteiger partial charge in [0.25, 0.3) is 0 Å². The fourth-order valence-corrected chi connectivity index (χ4v) is 4.06. The molecule has 4 rings (SSSR count). The highest BCUT2D eigenvalue weighted by Gasteiger charge is 2.27. The van der Waals surface area contributed by atoms with Gasteiger partial charge in [-0.15, -0.1) is 0 Å². The first-order valence-electron chi connectivity index (χ1n) is 10.5. The standard InChI is InChI=1S/C25H30N6/c1-19-22-8-6-7-9-23(22)30(5)25(24(18-26-2)29(19)4)27-20-10-12-21(13-11-20)31-16-14-28(3)15-17-31/h6-13,18H,1-2,14-17H2,3-5H3. The predicted octanol–water partition coefficient (Wildman–Crippen LogP) is 4.06. The van der Waals surface area contributed by atoms with Gasteiger partial charge in [0, 0.05) is 57.2 Å². The van der Waals surface area contributed by atoms with Crippen molar-refractivity contribution in [3.05, 3.63) is 72.6 Å². The number of piperazine rings is 1. The average molecular weight is 415 g/mol. The number of hydrogen-bond acceptors (Lipinski definition) is 5. The van der Waals surface area contributed by atoms with Crippen LogP contribution in [0.1, 0.15) is 5.56 Å². The molecule has 0 unspecified atom stereocenters. The maximum absolute atomic E-state index is 5.02. The zero-order valence-corrected chi connectivity index (χ0v) is 18.6. The summed E-state index contributed by atoms with van der Waals surface area (Å²) in [4.78, 5) is 18.0. The fourth-order valence-electron chi connectivity index (χ4n) is 4.06. The summed E-state index contributed by atoms with van der Waals surface area (Å²) < 4.78 is 0. The van der Waals surface area contributed by atoms with E-state index in [4.69, 9.17) is 4.99 Å². The highest BCUT2D eigenvalue weighted by atomic mass is 15.3. The van der Waals surface area contributed by atoms with Crippen molar-refractivity contribution in [2.75, 3.05) is 57.1 Å². The molecule has 160 valence electrons. The average Bonchev–Trinajstić information content (AvgIpc) is 2.87. The number of rotatable bonds is 3. The van der Waals surface area contributed by atoms with Crippen LogP contribution in [0.2, 0.25) is 0 Å². The number of anilines is 2. The minimum absolute atomic E-state index is 0.799. The Labute approximate surface area is 185 Å². The topological polar surface area (TPSA) is 37.7 Å². The SMILES string of the molecule is C=NC=C1C(=Nc2ccc(N3CCN(C)CC3)cc2)N(C)c2ccccc2C(=C)N1C. The first-order chi connectivity index (χ1) is 15.0. The van der Waals surface area contributed by atoms with E-state index in [0.717, 1.165) is 60.3 Å². The largest absolute Gasteiger partial charge is 0.369 e. The lowest BCUT2D eigenvalue weighted by Crippen LogP contribution is -2.44. The van der Waals surface area contributed by atoms with E-state index in [1.165, 1.54) is 5.69 Å². The van der Waals surface area contributed by atoms with Crippen LogP contribution in [0.25, 0.3) is 5.70 Å². The highest BCUT2D eigenvalue weighted by Crippen LogP contribution is 2.35. The molecule has 0 atom stereocenters. The van der Waals surface area contributed by atoms with E-state index in [0.29, 0.717) is 0 Å². The van der Waals surface area contributed by atoms with Gasteiger partial charge in [0.15, 0.2) is 5.84 Å². The molecule has 1 saturated heterocycles. The molecule has 0 amide bonds. The van der Waals surface area contributed by atoms with Crippen LogP contribution in [0.5, 0.6) is 0 Å². The molecule has 2 aromatic carbocycles. The van der Waals surface area contributed by atoms with Crippen molar-refractivity contribution in [1.29, 1.82) is 0 Å². The van der Waals surface area contributed by atoms with Gasteiger partial charge in [0.2, 0.25) is 0 Å². The summed E-state index contributed by atoms with van der Waals surface area (Å²) in [6, 6.07) is 16.7. The van der Waals surface area contributed by atoms with Gasteiger partial charge in [0.1, 0.15) is 5.70 Å². The number of amidine groups is 1. The molecule has 31 heavy (non-hydrogen) atoms. The molecule has 0 aliphatic carbocycles. The molecule has 0 bridgehead atoms. The summed E-state index contributed by atoms with van der Waals surface area (Å²) >= 11 is 0.